The summed E-state index contributed by atoms with van der Waals surface area (Å²) in [5.74, 6) is 1.01. The van der Waals surface area contributed by atoms with Gasteiger partial charge >= 0.3 is 0 Å². The maximum absolute atomic E-state index is 9.74. The molecule has 0 bridgehead atoms. The van der Waals surface area contributed by atoms with Gasteiger partial charge < -0.3 is 10.0 Å². The van der Waals surface area contributed by atoms with Crippen LogP contribution in [0.25, 0.3) is 5.65 Å². The highest BCUT2D eigenvalue weighted by Crippen LogP contribution is 2.24. The van der Waals surface area contributed by atoms with E-state index in [0.717, 1.165) is 44.1 Å². The summed E-state index contributed by atoms with van der Waals surface area (Å²) < 4.78 is 1.78. The Balaban J connectivity index is 1.59. The highest BCUT2D eigenvalue weighted by Gasteiger charge is 2.35. The summed E-state index contributed by atoms with van der Waals surface area (Å²) in [4.78, 5) is 9.34. The highest BCUT2D eigenvalue weighted by atomic mass is 16.3. The minimum atomic E-state index is -0.157. The van der Waals surface area contributed by atoms with Crippen molar-refractivity contribution in [1.82, 2.24) is 19.5 Å². The molecule has 4 heterocycles. The molecule has 6 nitrogen and oxygen atoms in total. The first-order valence-electron chi connectivity index (χ1n) is 6.77. The Kier molecular flexibility index (Phi) is 2.46. The summed E-state index contributed by atoms with van der Waals surface area (Å²) in [6, 6.07) is 4.40. The van der Waals surface area contributed by atoms with Gasteiger partial charge in [0.05, 0.1) is 12.3 Å². The van der Waals surface area contributed by atoms with Gasteiger partial charge in [-0.15, -0.1) is 0 Å². The van der Waals surface area contributed by atoms with Gasteiger partial charge in [0.1, 0.15) is 5.82 Å². The fourth-order valence-corrected chi connectivity index (χ4v) is 3.20. The van der Waals surface area contributed by atoms with Gasteiger partial charge in [0.25, 0.3) is 0 Å². The average molecular weight is 259 g/mol. The number of aromatic nitrogens is 3. The fraction of sp³-hybridized carbons (Fsp3) is 0.538. The van der Waals surface area contributed by atoms with Gasteiger partial charge in [-0.3, -0.25) is 4.90 Å². The van der Waals surface area contributed by atoms with Crippen molar-refractivity contribution in [2.75, 3.05) is 31.1 Å². The van der Waals surface area contributed by atoms with Crippen LogP contribution in [0.2, 0.25) is 0 Å². The van der Waals surface area contributed by atoms with Gasteiger partial charge in [-0.25, -0.2) is 9.50 Å². The van der Waals surface area contributed by atoms with Gasteiger partial charge in [0.2, 0.25) is 0 Å². The maximum Gasteiger partial charge on any atom is 0.157 e. The van der Waals surface area contributed by atoms with Gasteiger partial charge in [0, 0.05) is 44.5 Å². The molecule has 0 spiro atoms. The molecule has 0 amide bonds. The van der Waals surface area contributed by atoms with Crippen LogP contribution >= 0.6 is 0 Å². The van der Waals surface area contributed by atoms with Crippen LogP contribution in [0, 0.1) is 0 Å². The van der Waals surface area contributed by atoms with Crippen molar-refractivity contribution in [1.29, 1.82) is 0 Å². The van der Waals surface area contributed by atoms with Crippen LogP contribution in [0.5, 0.6) is 0 Å². The fourth-order valence-electron chi connectivity index (χ4n) is 3.20. The van der Waals surface area contributed by atoms with Gasteiger partial charge in [0.15, 0.2) is 5.65 Å². The lowest BCUT2D eigenvalue weighted by Gasteiger charge is -2.37. The lowest BCUT2D eigenvalue weighted by atomic mass is 10.1. The van der Waals surface area contributed by atoms with Crippen LogP contribution in [0.15, 0.2) is 24.5 Å². The average Bonchev–Trinajstić information content (AvgIpc) is 3.01. The Morgan fingerprint density at radius 1 is 1.21 bits per heavy atom. The number of nitrogens with zero attached hydrogens (tertiary/aromatic N) is 5. The molecule has 19 heavy (non-hydrogen) atoms. The lowest BCUT2D eigenvalue weighted by molar-refractivity contribution is 0.173. The zero-order valence-electron chi connectivity index (χ0n) is 10.7. The third kappa shape index (κ3) is 1.87. The minimum Gasteiger partial charge on any atom is -0.392 e. The Morgan fingerprint density at radius 2 is 2.16 bits per heavy atom. The standard InChI is InChI=1S/C13H17N5O/c19-11-7-10-8-17(6-5-16(10)9-11)12-2-4-18-13(15-12)1-3-14-18/h1-4,10-11,19H,5-9H2/t10-,11+/m0/s1. The summed E-state index contributed by atoms with van der Waals surface area (Å²) in [5.41, 5.74) is 0.881. The molecular formula is C13H17N5O. The van der Waals surface area contributed by atoms with Crippen molar-refractivity contribution in [3.63, 3.8) is 0 Å². The van der Waals surface area contributed by atoms with E-state index in [-0.39, 0.29) is 6.10 Å². The van der Waals surface area contributed by atoms with E-state index in [1.807, 2.05) is 18.3 Å². The van der Waals surface area contributed by atoms with Crippen LogP contribution in [-0.2, 0) is 0 Å². The minimum absolute atomic E-state index is 0.157. The Labute approximate surface area is 111 Å². The van der Waals surface area contributed by atoms with Crippen molar-refractivity contribution >= 4 is 11.5 Å². The normalized spacial score (nSPS) is 27.9. The van der Waals surface area contributed by atoms with E-state index < -0.39 is 0 Å². The molecule has 0 aromatic carbocycles. The molecule has 2 aromatic rings. The van der Waals surface area contributed by atoms with Crippen molar-refractivity contribution in [3.05, 3.63) is 24.5 Å². The third-order valence-electron chi connectivity index (χ3n) is 4.16. The molecule has 0 radical (unpaired) electrons. The zero-order valence-corrected chi connectivity index (χ0v) is 10.7. The van der Waals surface area contributed by atoms with Crippen LogP contribution in [0.3, 0.4) is 0 Å². The molecule has 0 aliphatic carbocycles. The predicted octanol–water partition coefficient (Wildman–Crippen LogP) is -0.0155. The number of piperazine rings is 1. The van der Waals surface area contributed by atoms with Crippen molar-refractivity contribution in [2.24, 2.45) is 0 Å². The number of hydrogen-bond acceptors (Lipinski definition) is 5. The van der Waals surface area contributed by atoms with Crippen molar-refractivity contribution in [2.45, 2.75) is 18.6 Å². The second kappa shape index (κ2) is 4.18. The molecule has 2 aliphatic heterocycles. The van der Waals surface area contributed by atoms with E-state index in [1.165, 1.54) is 0 Å². The maximum atomic E-state index is 9.74. The first-order chi connectivity index (χ1) is 9.29. The van der Waals surface area contributed by atoms with E-state index in [4.69, 9.17) is 0 Å². The van der Waals surface area contributed by atoms with E-state index in [2.05, 4.69) is 19.9 Å². The van der Waals surface area contributed by atoms with Crippen molar-refractivity contribution in [3.8, 4) is 0 Å². The summed E-state index contributed by atoms with van der Waals surface area (Å²) in [7, 11) is 0. The Morgan fingerprint density at radius 3 is 3.11 bits per heavy atom. The lowest BCUT2D eigenvalue weighted by Crippen LogP contribution is -2.50. The van der Waals surface area contributed by atoms with E-state index in [1.54, 1.807) is 10.7 Å². The summed E-state index contributed by atoms with van der Waals surface area (Å²) in [5, 5.41) is 13.9. The van der Waals surface area contributed by atoms with Crippen LogP contribution in [0.4, 0.5) is 5.82 Å². The van der Waals surface area contributed by atoms with Crippen molar-refractivity contribution < 1.29 is 5.11 Å². The zero-order chi connectivity index (χ0) is 12.8. The Hall–Kier alpha value is -1.66. The summed E-state index contributed by atoms with van der Waals surface area (Å²) >= 11 is 0. The predicted molar refractivity (Wildman–Crippen MR) is 71.2 cm³/mol. The molecule has 0 unspecified atom stereocenters. The molecule has 2 atom stereocenters. The molecule has 4 rings (SSSR count). The van der Waals surface area contributed by atoms with Crippen LogP contribution < -0.4 is 4.90 Å². The summed E-state index contributed by atoms with van der Waals surface area (Å²) in [6.07, 6.45) is 4.44. The molecular weight excluding hydrogens is 242 g/mol. The number of fused-ring (bicyclic) bond motifs is 2. The molecule has 2 aliphatic rings. The van der Waals surface area contributed by atoms with Crippen LogP contribution in [0.1, 0.15) is 6.42 Å². The molecule has 0 saturated carbocycles. The SMILES string of the molecule is O[C@@H]1C[C@H]2CN(c3ccn4nccc4n3)CCN2C1. The second-order valence-corrected chi connectivity index (χ2v) is 5.40. The molecule has 2 saturated heterocycles. The topological polar surface area (TPSA) is 56.9 Å². The largest absolute Gasteiger partial charge is 0.392 e. The molecule has 1 N–H and O–H groups in total. The Bertz CT molecular complexity index is 597. The summed E-state index contributed by atoms with van der Waals surface area (Å²) in [6.45, 7) is 3.76. The number of aliphatic hydroxyl groups is 1. The van der Waals surface area contributed by atoms with Crippen LogP contribution in [-0.4, -0.2) is 62.9 Å². The quantitative estimate of drug-likeness (QED) is 0.780. The molecule has 6 heteroatoms. The molecule has 100 valence electrons. The first-order valence-corrected chi connectivity index (χ1v) is 6.77. The molecule has 2 fully saturated rings. The van der Waals surface area contributed by atoms with Gasteiger partial charge in [-0.2, -0.15) is 5.10 Å². The van der Waals surface area contributed by atoms with E-state index >= 15 is 0 Å². The number of hydrogen-bond donors (Lipinski definition) is 1. The first kappa shape index (κ1) is 11.2. The number of rotatable bonds is 1. The third-order valence-corrected chi connectivity index (χ3v) is 4.16. The van der Waals surface area contributed by atoms with E-state index in [0.29, 0.717) is 6.04 Å². The highest BCUT2D eigenvalue weighted by molar-refractivity contribution is 5.47. The van der Waals surface area contributed by atoms with Gasteiger partial charge in [-0.1, -0.05) is 0 Å². The monoisotopic (exact) mass is 259 g/mol. The van der Waals surface area contributed by atoms with E-state index in [9.17, 15) is 5.11 Å². The smallest absolute Gasteiger partial charge is 0.157 e. The number of anilines is 1. The molecule has 2 aromatic heterocycles. The van der Waals surface area contributed by atoms with Gasteiger partial charge in [-0.05, 0) is 12.5 Å². The second-order valence-electron chi connectivity index (χ2n) is 5.40. The number of aliphatic hydroxyl groups excluding tert-OH is 1.